The number of aliphatic carboxylic acids is 1. The minimum Gasteiger partial charge on any atom is -0.480 e. The SMILES string of the molecule is CC(=O)NC(C)CC[C@H](NC(=O)OC(C)(C)C)C(=O)O. The first-order valence-corrected chi connectivity index (χ1v) is 6.50. The first-order chi connectivity index (χ1) is 9.01. The van der Waals surface area contributed by atoms with Crippen LogP contribution in [0.4, 0.5) is 4.79 Å². The molecule has 0 aliphatic heterocycles. The van der Waals surface area contributed by atoms with Crippen LogP contribution in [0, 0.1) is 0 Å². The van der Waals surface area contributed by atoms with Crippen LogP contribution in [0.2, 0.25) is 0 Å². The summed E-state index contributed by atoms with van der Waals surface area (Å²) in [6.07, 6.45) is -0.125. The summed E-state index contributed by atoms with van der Waals surface area (Å²) in [5.74, 6) is -1.31. The molecular formula is C13H24N2O5. The van der Waals surface area contributed by atoms with Gasteiger partial charge in [-0.2, -0.15) is 0 Å². The number of amides is 2. The molecule has 2 atom stereocenters. The van der Waals surface area contributed by atoms with E-state index in [1.807, 2.05) is 0 Å². The molecule has 0 radical (unpaired) electrons. The third-order valence-electron chi connectivity index (χ3n) is 2.33. The van der Waals surface area contributed by atoms with E-state index in [4.69, 9.17) is 9.84 Å². The smallest absolute Gasteiger partial charge is 0.408 e. The van der Waals surface area contributed by atoms with Crippen molar-refractivity contribution < 1.29 is 24.2 Å². The van der Waals surface area contributed by atoms with Gasteiger partial charge in [0.05, 0.1) is 0 Å². The third-order valence-corrected chi connectivity index (χ3v) is 2.33. The monoisotopic (exact) mass is 288 g/mol. The Labute approximate surface area is 119 Å². The summed E-state index contributed by atoms with van der Waals surface area (Å²) in [6.45, 7) is 8.25. The summed E-state index contributed by atoms with van der Waals surface area (Å²) in [5, 5.41) is 14.0. The molecule has 20 heavy (non-hydrogen) atoms. The third kappa shape index (κ3) is 9.18. The molecule has 0 aromatic heterocycles. The highest BCUT2D eigenvalue weighted by Gasteiger charge is 2.24. The van der Waals surface area contributed by atoms with Crippen LogP contribution in [-0.4, -0.2) is 40.8 Å². The van der Waals surface area contributed by atoms with Crippen LogP contribution in [0.25, 0.3) is 0 Å². The van der Waals surface area contributed by atoms with Gasteiger partial charge in [0.2, 0.25) is 5.91 Å². The molecular weight excluding hydrogens is 264 g/mol. The van der Waals surface area contributed by atoms with E-state index in [2.05, 4.69) is 10.6 Å². The number of carbonyl (C=O) groups excluding carboxylic acids is 2. The van der Waals surface area contributed by atoms with Crippen LogP contribution >= 0.6 is 0 Å². The van der Waals surface area contributed by atoms with Gasteiger partial charge in [-0.15, -0.1) is 0 Å². The molecule has 3 N–H and O–H groups in total. The molecule has 0 aliphatic carbocycles. The quantitative estimate of drug-likeness (QED) is 0.682. The Kier molecular flexibility index (Phi) is 7.02. The van der Waals surface area contributed by atoms with Gasteiger partial charge in [0, 0.05) is 13.0 Å². The van der Waals surface area contributed by atoms with E-state index in [1.54, 1.807) is 27.7 Å². The van der Waals surface area contributed by atoms with Crippen molar-refractivity contribution >= 4 is 18.0 Å². The summed E-state index contributed by atoms with van der Waals surface area (Å²) < 4.78 is 5.01. The number of rotatable bonds is 6. The lowest BCUT2D eigenvalue weighted by Gasteiger charge is -2.22. The molecule has 0 saturated heterocycles. The van der Waals surface area contributed by atoms with E-state index in [0.29, 0.717) is 6.42 Å². The fourth-order valence-corrected chi connectivity index (χ4v) is 1.54. The van der Waals surface area contributed by atoms with Crippen molar-refractivity contribution in [3.8, 4) is 0 Å². The number of hydrogen-bond donors (Lipinski definition) is 3. The number of carbonyl (C=O) groups is 3. The van der Waals surface area contributed by atoms with Gasteiger partial charge in [-0.1, -0.05) is 0 Å². The lowest BCUT2D eigenvalue weighted by atomic mass is 10.1. The molecule has 7 heteroatoms. The predicted octanol–water partition coefficient (Wildman–Crippen LogP) is 1.27. The van der Waals surface area contributed by atoms with Gasteiger partial charge >= 0.3 is 12.1 Å². The van der Waals surface area contributed by atoms with Gasteiger partial charge in [-0.3, -0.25) is 4.79 Å². The van der Waals surface area contributed by atoms with E-state index in [0.717, 1.165) is 0 Å². The highest BCUT2D eigenvalue weighted by Crippen LogP contribution is 2.08. The second kappa shape index (κ2) is 7.72. The molecule has 0 aliphatic rings. The van der Waals surface area contributed by atoms with Crippen LogP contribution in [0.3, 0.4) is 0 Å². The van der Waals surface area contributed by atoms with Crippen molar-refractivity contribution in [3.63, 3.8) is 0 Å². The molecule has 0 rings (SSSR count). The molecule has 0 aromatic carbocycles. The van der Waals surface area contributed by atoms with E-state index in [9.17, 15) is 14.4 Å². The topological polar surface area (TPSA) is 105 Å². The largest absolute Gasteiger partial charge is 0.480 e. The number of carboxylic acids is 1. The molecule has 1 unspecified atom stereocenters. The number of carboxylic acid groups (broad SMARTS) is 1. The molecule has 0 aromatic rings. The second-order valence-corrected chi connectivity index (χ2v) is 5.72. The van der Waals surface area contributed by atoms with Gasteiger partial charge < -0.3 is 20.5 Å². The summed E-state index contributed by atoms with van der Waals surface area (Å²) in [6, 6.07) is -1.20. The van der Waals surface area contributed by atoms with Crippen LogP contribution in [0.15, 0.2) is 0 Å². The molecule has 116 valence electrons. The van der Waals surface area contributed by atoms with Crippen LogP contribution in [0.5, 0.6) is 0 Å². The Morgan fingerprint density at radius 2 is 1.70 bits per heavy atom. The zero-order chi connectivity index (χ0) is 15.9. The van der Waals surface area contributed by atoms with Crippen LogP contribution in [0.1, 0.15) is 47.5 Å². The highest BCUT2D eigenvalue weighted by molar-refractivity contribution is 5.80. The van der Waals surface area contributed by atoms with Gasteiger partial charge in [0.25, 0.3) is 0 Å². The van der Waals surface area contributed by atoms with Crippen molar-refractivity contribution in [1.29, 1.82) is 0 Å². The number of hydrogen-bond acceptors (Lipinski definition) is 4. The molecule has 0 spiro atoms. The Morgan fingerprint density at radius 1 is 1.15 bits per heavy atom. The summed E-state index contributed by atoms with van der Waals surface area (Å²) >= 11 is 0. The summed E-state index contributed by atoms with van der Waals surface area (Å²) in [5.41, 5.74) is -0.684. The first kappa shape index (κ1) is 18.2. The number of alkyl carbamates (subject to hydrolysis) is 1. The van der Waals surface area contributed by atoms with E-state index < -0.39 is 23.7 Å². The highest BCUT2D eigenvalue weighted by atomic mass is 16.6. The number of ether oxygens (including phenoxy) is 1. The normalized spacial score (nSPS) is 14.1. The minimum absolute atomic E-state index is 0.158. The molecule has 0 heterocycles. The van der Waals surface area contributed by atoms with E-state index in [1.165, 1.54) is 6.92 Å². The molecule has 0 bridgehead atoms. The standard InChI is InChI=1S/C13H24N2O5/c1-8(14-9(2)16)6-7-10(11(17)18)15-12(19)20-13(3,4)5/h8,10H,6-7H2,1-5H3,(H,14,16)(H,15,19)(H,17,18)/t8?,10-/m0/s1. The fourth-order valence-electron chi connectivity index (χ4n) is 1.54. The summed E-state index contributed by atoms with van der Waals surface area (Å²) in [4.78, 5) is 33.5. The summed E-state index contributed by atoms with van der Waals surface area (Å²) in [7, 11) is 0. The van der Waals surface area contributed by atoms with Crippen molar-refractivity contribution in [2.45, 2.75) is 65.1 Å². The van der Waals surface area contributed by atoms with Gasteiger partial charge in [-0.05, 0) is 40.5 Å². The lowest BCUT2D eigenvalue weighted by Crippen LogP contribution is -2.44. The predicted molar refractivity (Wildman–Crippen MR) is 73.3 cm³/mol. The van der Waals surface area contributed by atoms with Gasteiger partial charge in [0.15, 0.2) is 0 Å². The zero-order valence-electron chi connectivity index (χ0n) is 12.6. The lowest BCUT2D eigenvalue weighted by molar-refractivity contribution is -0.139. The minimum atomic E-state index is -1.13. The van der Waals surface area contributed by atoms with Crippen molar-refractivity contribution in [3.05, 3.63) is 0 Å². The Balaban J connectivity index is 4.34. The van der Waals surface area contributed by atoms with Crippen molar-refractivity contribution in [2.75, 3.05) is 0 Å². The Bertz CT molecular complexity index is 362. The molecule has 0 saturated carbocycles. The van der Waals surface area contributed by atoms with Crippen LogP contribution < -0.4 is 10.6 Å². The van der Waals surface area contributed by atoms with Crippen molar-refractivity contribution in [1.82, 2.24) is 10.6 Å². The molecule has 7 nitrogen and oxygen atoms in total. The van der Waals surface area contributed by atoms with Crippen molar-refractivity contribution in [2.24, 2.45) is 0 Å². The van der Waals surface area contributed by atoms with E-state index in [-0.39, 0.29) is 18.4 Å². The molecule has 0 fully saturated rings. The van der Waals surface area contributed by atoms with Gasteiger partial charge in [-0.25, -0.2) is 9.59 Å². The zero-order valence-corrected chi connectivity index (χ0v) is 12.6. The van der Waals surface area contributed by atoms with Crippen LogP contribution in [-0.2, 0) is 14.3 Å². The number of nitrogens with one attached hydrogen (secondary N) is 2. The fraction of sp³-hybridized carbons (Fsp3) is 0.769. The maximum atomic E-state index is 11.5. The molecule has 2 amide bonds. The Morgan fingerprint density at radius 3 is 2.10 bits per heavy atom. The van der Waals surface area contributed by atoms with E-state index >= 15 is 0 Å². The maximum absolute atomic E-state index is 11.5. The Hall–Kier alpha value is -1.79. The maximum Gasteiger partial charge on any atom is 0.408 e. The first-order valence-electron chi connectivity index (χ1n) is 6.50. The average molecular weight is 288 g/mol. The average Bonchev–Trinajstić information content (AvgIpc) is 2.19. The second-order valence-electron chi connectivity index (χ2n) is 5.72. The van der Waals surface area contributed by atoms with Gasteiger partial charge in [0.1, 0.15) is 11.6 Å².